The van der Waals surface area contributed by atoms with Crippen LogP contribution < -0.4 is 0 Å². The van der Waals surface area contributed by atoms with Crippen molar-refractivity contribution in [2.75, 3.05) is 19.7 Å². The molecule has 0 radical (unpaired) electrons. The summed E-state index contributed by atoms with van der Waals surface area (Å²) in [5, 5.41) is 9.12. The fourth-order valence-corrected chi connectivity index (χ4v) is 2.35. The van der Waals surface area contributed by atoms with Crippen molar-refractivity contribution >= 4 is 0 Å². The monoisotopic (exact) mass is 270 g/mol. The number of aliphatic hydroxyl groups is 1. The van der Waals surface area contributed by atoms with Crippen molar-refractivity contribution in [3.8, 4) is 11.3 Å². The zero-order chi connectivity index (χ0) is 14.2. The molecule has 1 N–H and O–H groups in total. The molecule has 0 amide bonds. The summed E-state index contributed by atoms with van der Waals surface area (Å²) in [6, 6.07) is 14.4. The quantitative estimate of drug-likeness (QED) is 0.840. The Labute approximate surface area is 120 Å². The molecule has 0 spiro atoms. The van der Waals surface area contributed by atoms with Crippen LogP contribution in [0, 0.1) is 0 Å². The van der Waals surface area contributed by atoms with Crippen molar-refractivity contribution in [2.45, 2.75) is 19.9 Å². The van der Waals surface area contributed by atoms with Gasteiger partial charge in [0.2, 0.25) is 0 Å². The molecule has 1 aromatic carbocycles. The summed E-state index contributed by atoms with van der Waals surface area (Å²) in [7, 11) is 0. The Hall–Kier alpha value is -1.71. The predicted molar refractivity (Wildman–Crippen MR) is 82.3 cm³/mol. The van der Waals surface area contributed by atoms with Crippen molar-refractivity contribution in [3.63, 3.8) is 0 Å². The Balaban J connectivity index is 2.13. The van der Waals surface area contributed by atoms with Crippen LogP contribution in [0.2, 0.25) is 0 Å². The molecule has 0 saturated heterocycles. The number of hydrogen-bond donors (Lipinski definition) is 1. The molecule has 0 aliphatic heterocycles. The Bertz CT molecular complexity index is 507. The normalized spacial score (nSPS) is 10.9. The molecule has 0 saturated carbocycles. The highest BCUT2D eigenvalue weighted by Crippen LogP contribution is 2.18. The Morgan fingerprint density at radius 3 is 2.70 bits per heavy atom. The van der Waals surface area contributed by atoms with E-state index in [1.807, 2.05) is 24.4 Å². The number of aromatic nitrogens is 1. The summed E-state index contributed by atoms with van der Waals surface area (Å²) in [6.07, 6.45) is 2.91. The van der Waals surface area contributed by atoms with Crippen LogP contribution in [0.25, 0.3) is 11.3 Å². The second kappa shape index (κ2) is 7.78. The standard InChI is InChI=1S/C17H22N2O/c1-2-10-19(11-12-20)14-15-6-5-7-16(13-15)17-8-3-4-9-18-17/h3-9,13,20H,2,10-12,14H2,1H3. The lowest BCUT2D eigenvalue weighted by Crippen LogP contribution is -2.27. The first-order valence-electron chi connectivity index (χ1n) is 7.17. The van der Waals surface area contributed by atoms with E-state index in [2.05, 4.69) is 41.1 Å². The maximum Gasteiger partial charge on any atom is 0.0702 e. The van der Waals surface area contributed by atoms with E-state index in [9.17, 15) is 0 Å². The number of benzene rings is 1. The number of pyridine rings is 1. The van der Waals surface area contributed by atoms with Crippen LogP contribution in [0.15, 0.2) is 48.7 Å². The lowest BCUT2D eigenvalue weighted by Gasteiger charge is -2.20. The molecule has 1 heterocycles. The van der Waals surface area contributed by atoms with E-state index in [1.165, 1.54) is 5.56 Å². The molecule has 2 aromatic rings. The van der Waals surface area contributed by atoms with Gasteiger partial charge in [-0.05, 0) is 36.7 Å². The molecular formula is C17H22N2O. The molecular weight excluding hydrogens is 248 g/mol. The molecule has 2 rings (SSSR count). The zero-order valence-electron chi connectivity index (χ0n) is 12.0. The van der Waals surface area contributed by atoms with Gasteiger partial charge in [-0.2, -0.15) is 0 Å². The third-order valence-electron chi connectivity index (χ3n) is 3.25. The van der Waals surface area contributed by atoms with E-state index in [1.54, 1.807) is 0 Å². The lowest BCUT2D eigenvalue weighted by atomic mass is 10.1. The van der Waals surface area contributed by atoms with Crippen LogP contribution in [0.4, 0.5) is 0 Å². The smallest absolute Gasteiger partial charge is 0.0702 e. The average Bonchev–Trinajstić information content (AvgIpc) is 2.49. The number of hydrogen-bond acceptors (Lipinski definition) is 3. The summed E-state index contributed by atoms with van der Waals surface area (Å²) in [5.41, 5.74) is 3.40. The first kappa shape index (κ1) is 14.7. The van der Waals surface area contributed by atoms with Gasteiger partial charge in [0.15, 0.2) is 0 Å². The Kier molecular flexibility index (Phi) is 5.71. The number of aliphatic hydroxyl groups excluding tert-OH is 1. The highest BCUT2D eigenvalue weighted by Gasteiger charge is 2.06. The molecule has 0 fully saturated rings. The van der Waals surface area contributed by atoms with Crippen LogP contribution in [-0.4, -0.2) is 34.7 Å². The van der Waals surface area contributed by atoms with E-state index in [0.29, 0.717) is 0 Å². The van der Waals surface area contributed by atoms with Crippen molar-refractivity contribution < 1.29 is 5.11 Å². The third kappa shape index (κ3) is 4.15. The lowest BCUT2D eigenvalue weighted by molar-refractivity contribution is 0.190. The van der Waals surface area contributed by atoms with Gasteiger partial charge < -0.3 is 5.11 Å². The zero-order valence-corrected chi connectivity index (χ0v) is 12.0. The third-order valence-corrected chi connectivity index (χ3v) is 3.25. The summed E-state index contributed by atoms with van der Waals surface area (Å²) >= 11 is 0. The Morgan fingerprint density at radius 2 is 2.00 bits per heavy atom. The van der Waals surface area contributed by atoms with Gasteiger partial charge in [0.25, 0.3) is 0 Å². The first-order chi connectivity index (χ1) is 9.83. The highest BCUT2D eigenvalue weighted by atomic mass is 16.3. The molecule has 0 bridgehead atoms. The molecule has 0 aliphatic rings. The second-order valence-electron chi connectivity index (χ2n) is 4.92. The average molecular weight is 270 g/mol. The van der Waals surface area contributed by atoms with Crippen LogP contribution in [0.3, 0.4) is 0 Å². The van der Waals surface area contributed by atoms with Gasteiger partial charge in [-0.3, -0.25) is 9.88 Å². The van der Waals surface area contributed by atoms with Crippen molar-refractivity contribution in [3.05, 3.63) is 54.2 Å². The van der Waals surface area contributed by atoms with E-state index in [0.717, 1.165) is 37.3 Å². The summed E-state index contributed by atoms with van der Waals surface area (Å²) in [5.74, 6) is 0. The van der Waals surface area contributed by atoms with Crippen LogP contribution >= 0.6 is 0 Å². The van der Waals surface area contributed by atoms with Gasteiger partial charge in [-0.25, -0.2) is 0 Å². The van der Waals surface area contributed by atoms with Crippen LogP contribution in [-0.2, 0) is 6.54 Å². The fourth-order valence-electron chi connectivity index (χ4n) is 2.35. The van der Waals surface area contributed by atoms with Gasteiger partial charge in [0, 0.05) is 24.8 Å². The molecule has 0 aliphatic carbocycles. The fraction of sp³-hybridized carbons (Fsp3) is 0.353. The largest absolute Gasteiger partial charge is 0.395 e. The molecule has 3 heteroatoms. The SMILES string of the molecule is CCCN(CCO)Cc1cccc(-c2ccccn2)c1. The minimum atomic E-state index is 0.208. The maximum absolute atomic E-state index is 9.12. The highest BCUT2D eigenvalue weighted by molar-refractivity contribution is 5.59. The minimum absolute atomic E-state index is 0.208. The topological polar surface area (TPSA) is 36.4 Å². The van der Waals surface area contributed by atoms with E-state index < -0.39 is 0 Å². The maximum atomic E-state index is 9.12. The Morgan fingerprint density at radius 1 is 1.10 bits per heavy atom. The molecule has 0 atom stereocenters. The number of nitrogens with zero attached hydrogens (tertiary/aromatic N) is 2. The van der Waals surface area contributed by atoms with Gasteiger partial charge in [-0.1, -0.05) is 31.2 Å². The molecule has 3 nitrogen and oxygen atoms in total. The van der Waals surface area contributed by atoms with E-state index in [-0.39, 0.29) is 6.61 Å². The van der Waals surface area contributed by atoms with Gasteiger partial charge in [0.1, 0.15) is 0 Å². The van der Waals surface area contributed by atoms with Crippen molar-refractivity contribution in [2.24, 2.45) is 0 Å². The predicted octanol–water partition coefficient (Wildman–Crippen LogP) is 2.95. The summed E-state index contributed by atoms with van der Waals surface area (Å²) in [6.45, 7) is 4.97. The second-order valence-corrected chi connectivity index (χ2v) is 4.92. The minimum Gasteiger partial charge on any atom is -0.395 e. The molecule has 106 valence electrons. The van der Waals surface area contributed by atoms with Gasteiger partial charge >= 0.3 is 0 Å². The van der Waals surface area contributed by atoms with Crippen molar-refractivity contribution in [1.82, 2.24) is 9.88 Å². The number of rotatable bonds is 7. The first-order valence-corrected chi connectivity index (χ1v) is 7.17. The van der Waals surface area contributed by atoms with E-state index >= 15 is 0 Å². The van der Waals surface area contributed by atoms with Gasteiger partial charge in [-0.15, -0.1) is 0 Å². The van der Waals surface area contributed by atoms with Gasteiger partial charge in [0.05, 0.1) is 12.3 Å². The summed E-state index contributed by atoms with van der Waals surface area (Å²) in [4.78, 5) is 6.66. The molecule has 1 aromatic heterocycles. The van der Waals surface area contributed by atoms with Crippen LogP contribution in [0.1, 0.15) is 18.9 Å². The van der Waals surface area contributed by atoms with E-state index in [4.69, 9.17) is 5.11 Å². The van der Waals surface area contributed by atoms with Crippen molar-refractivity contribution in [1.29, 1.82) is 0 Å². The molecule has 0 unspecified atom stereocenters. The molecule has 20 heavy (non-hydrogen) atoms. The summed E-state index contributed by atoms with van der Waals surface area (Å²) < 4.78 is 0. The van der Waals surface area contributed by atoms with Crippen LogP contribution in [0.5, 0.6) is 0 Å².